The van der Waals surface area contributed by atoms with E-state index in [0.29, 0.717) is 18.4 Å². The van der Waals surface area contributed by atoms with Crippen LogP contribution >= 0.6 is 0 Å². The first-order valence-corrected chi connectivity index (χ1v) is 7.73. The molecule has 0 aliphatic carbocycles. The van der Waals surface area contributed by atoms with Gasteiger partial charge in [-0.2, -0.15) is 18.0 Å². The number of nitrogens with one attached hydrogen (secondary N) is 1. The number of aliphatic carboxylic acids is 1. The second-order valence-electron chi connectivity index (χ2n) is 4.69. The molecule has 1 unspecified atom stereocenters. The van der Waals surface area contributed by atoms with Gasteiger partial charge in [0, 0.05) is 19.3 Å². The number of carbonyl (C=O) groups is 1. The van der Waals surface area contributed by atoms with E-state index in [2.05, 4.69) is 9.71 Å². The van der Waals surface area contributed by atoms with Gasteiger partial charge >= 0.3 is 16.2 Å². The predicted octanol–water partition coefficient (Wildman–Crippen LogP) is 0.407. The van der Waals surface area contributed by atoms with Gasteiger partial charge in [0.15, 0.2) is 0 Å². The highest BCUT2D eigenvalue weighted by Gasteiger charge is 2.32. The number of pyridine rings is 1. The van der Waals surface area contributed by atoms with Crippen molar-refractivity contribution in [3.63, 3.8) is 0 Å². The molecule has 1 atom stereocenters. The molecular formula is C12H14N4O4S. The van der Waals surface area contributed by atoms with Crippen LogP contribution in [-0.2, 0) is 15.0 Å². The number of carboxylic acids is 1. The number of anilines is 1. The minimum absolute atomic E-state index is 0.0546. The second kappa shape index (κ2) is 6.07. The van der Waals surface area contributed by atoms with Gasteiger partial charge in [0.05, 0.1) is 11.5 Å². The van der Waals surface area contributed by atoms with Crippen LogP contribution in [0.3, 0.4) is 0 Å². The summed E-state index contributed by atoms with van der Waals surface area (Å²) >= 11 is 0. The van der Waals surface area contributed by atoms with E-state index in [-0.39, 0.29) is 18.9 Å². The van der Waals surface area contributed by atoms with Crippen molar-refractivity contribution in [2.75, 3.05) is 17.8 Å². The van der Waals surface area contributed by atoms with Crippen LogP contribution < -0.4 is 4.72 Å². The molecule has 0 bridgehead atoms. The monoisotopic (exact) mass is 310 g/mol. The Morgan fingerprint density at radius 3 is 2.86 bits per heavy atom. The van der Waals surface area contributed by atoms with E-state index in [1.807, 2.05) is 6.07 Å². The molecule has 2 heterocycles. The third-order valence-corrected chi connectivity index (χ3v) is 4.68. The van der Waals surface area contributed by atoms with Crippen molar-refractivity contribution in [2.45, 2.75) is 12.8 Å². The zero-order valence-corrected chi connectivity index (χ0v) is 11.9. The molecule has 0 radical (unpaired) electrons. The first-order chi connectivity index (χ1) is 9.92. The van der Waals surface area contributed by atoms with Crippen LogP contribution in [0.5, 0.6) is 0 Å². The summed E-state index contributed by atoms with van der Waals surface area (Å²) in [4.78, 5) is 14.8. The maximum atomic E-state index is 12.2. The molecule has 1 aromatic rings. The van der Waals surface area contributed by atoms with Gasteiger partial charge in [0.25, 0.3) is 0 Å². The first kappa shape index (κ1) is 15.2. The summed E-state index contributed by atoms with van der Waals surface area (Å²) in [5.74, 6) is -1.60. The van der Waals surface area contributed by atoms with Gasteiger partial charge < -0.3 is 5.11 Å². The van der Waals surface area contributed by atoms with Crippen molar-refractivity contribution < 1.29 is 18.3 Å². The van der Waals surface area contributed by atoms with Gasteiger partial charge in [-0.3, -0.25) is 9.52 Å². The fourth-order valence-corrected chi connectivity index (χ4v) is 3.34. The first-order valence-electron chi connectivity index (χ1n) is 6.29. The van der Waals surface area contributed by atoms with Crippen LogP contribution in [0.4, 0.5) is 5.82 Å². The number of piperidine rings is 1. The zero-order chi connectivity index (χ0) is 15.5. The molecule has 1 fully saturated rings. The highest BCUT2D eigenvalue weighted by molar-refractivity contribution is 7.90. The molecule has 0 amide bonds. The Bertz CT molecular complexity index is 665. The van der Waals surface area contributed by atoms with E-state index in [0.717, 1.165) is 4.31 Å². The van der Waals surface area contributed by atoms with Gasteiger partial charge in [-0.25, -0.2) is 4.98 Å². The van der Waals surface area contributed by atoms with Gasteiger partial charge in [-0.05, 0) is 25.0 Å². The molecule has 0 aromatic carbocycles. The summed E-state index contributed by atoms with van der Waals surface area (Å²) in [5, 5.41) is 17.6. The molecule has 1 aliphatic heterocycles. The molecule has 1 aliphatic rings. The summed E-state index contributed by atoms with van der Waals surface area (Å²) in [5.41, 5.74) is 0.321. The molecule has 9 heteroatoms. The number of nitrogens with zero attached hydrogens (tertiary/aromatic N) is 3. The fourth-order valence-electron chi connectivity index (χ4n) is 2.08. The number of hydrogen-bond donors (Lipinski definition) is 2. The minimum atomic E-state index is -3.85. The van der Waals surface area contributed by atoms with Crippen molar-refractivity contribution in [2.24, 2.45) is 5.92 Å². The largest absolute Gasteiger partial charge is 0.481 e. The van der Waals surface area contributed by atoms with E-state index in [9.17, 15) is 13.2 Å². The lowest BCUT2D eigenvalue weighted by molar-refractivity contribution is -0.142. The van der Waals surface area contributed by atoms with Crippen molar-refractivity contribution >= 4 is 22.0 Å². The smallest absolute Gasteiger partial charge is 0.307 e. The van der Waals surface area contributed by atoms with Crippen molar-refractivity contribution in [1.29, 1.82) is 5.26 Å². The standard InChI is InChI=1S/C12H14N4O4S/c13-6-9-3-4-11(14-7-9)15-21(19,20)16-5-1-2-10(8-16)12(17)18/h3-4,7,10H,1-2,5,8H2,(H,14,15)(H,17,18). The molecular weight excluding hydrogens is 296 g/mol. The van der Waals surface area contributed by atoms with Crippen LogP contribution in [0, 0.1) is 17.2 Å². The Morgan fingerprint density at radius 2 is 2.29 bits per heavy atom. The zero-order valence-electron chi connectivity index (χ0n) is 11.1. The van der Waals surface area contributed by atoms with E-state index in [1.165, 1.54) is 18.3 Å². The fraction of sp³-hybridized carbons (Fsp3) is 0.417. The van der Waals surface area contributed by atoms with Gasteiger partial charge in [0.2, 0.25) is 0 Å². The molecule has 112 valence electrons. The average Bonchev–Trinajstić information content (AvgIpc) is 2.48. The summed E-state index contributed by atoms with van der Waals surface area (Å²) in [6, 6.07) is 4.71. The lowest BCUT2D eigenvalue weighted by atomic mass is 10.0. The minimum Gasteiger partial charge on any atom is -0.481 e. The maximum Gasteiger partial charge on any atom is 0.307 e. The highest BCUT2D eigenvalue weighted by atomic mass is 32.2. The SMILES string of the molecule is N#Cc1ccc(NS(=O)(=O)N2CCCC(C(=O)O)C2)nc1. The van der Waals surface area contributed by atoms with Gasteiger partial charge in [0.1, 0.15) is 11.9 Å². The molecule has 1 saturated heterocycles. The summed E-state index contributed by atoms with van der Waals surface area (Å²) in [7, 11) is -3.85. The molecule has 21 heavy (non-hydrogen) atoms. The third kappa shape index (κ3) is 3.68. The van der Waals surface area contributed by atoms with Crippen LogP contribution in [0.25, 0.3) is 0 Å². The van der Waals surface area contributed by atoms with E-state index < -0.39 is 22.1 Å². The molecule has 2 N–H and O–H groups in total. The molecule has 0 saturated carbocycles. The van der Waals surface area contributed by atoms with E-state index >= 15 is 0 Å². The Morgan fingerprint density at radius 1 is 1.52 bits per heavy atom. The number of hydrogen-bond acceptors (Lipinski definition) is 5. The predicted molar refractivity (Wildman–Crippen MR) is 73.4 cm³/mol. The third-order valence-electron chi connectivity index (χ3n) is 3.20. The lowest BCUT2D eigenvalue weighted by Gasteiger charge is -2.29. The summed E-state index contributed by atoms with van der Waals surface area (Å²) in [6.07, 6.45) is 2.23. The maximum absolute atomic E-state index is 12.2. The number of aromatic nitrogens is 1. The van der Waals surface area contributed by atoms with Gasteiger partial charge in [-0.15, -0.1) is 0 Å². The van der Waals surface area contributed by atoms with Crippen LogP contribution in [0.15, 0.2) is 18.3 Å². The van der Waals surface area contributed by atoms with E-state index in [1.54, 1.807) is 0 Å². The lowest BCUT2D eigenvalue weighted by Crippen LogP contribution is -2.44. The molecule has 2 rings (SSSR count). The average molecular weight is 310 g/mol. The Hall–Kier alpha value is -2.18. The van der Waals surface area contributed by atoms with E-state index in [4.69, 9.17) is 10.4 Å². The molecule has 1 aromatic heterocycles. The van der Waals surface area contributed by atoms with Crippen molar-refractivity contribution in [1.82, 2.24) is 9.29 Å². The Kier molecular flexibility index (Phi) is 4.40. The Labute approximate surface area is 122 Å². The topological polar surface area (TPSA) is 123 Å². The van der Waals surface area contributed by atoms with Crippen molar-refractivity contribution in [3.8, 4) is 6.07 Å². The van der Waals surface area contributed by atoms with Crippen LogP contribution in [0.1, 0.15) is 18.4 Å². The van der Waals surface area contributed by atoms with Crippen LogP contribution in [0.2, 0.25) is 0 Å². The molecule has 0 spiro atoms. The summed E-state index contributed by atoms with van der Waals surface area (Å²) < 4.78 is 27.8. The number of rotatable bonds is 4. The quantitative estimate of drug-likeness (QED) is 0.830. The second-order valence-corrected chi connectivity index (χ2v) is 6.36. The molecule has 8 nitrogen and oxygen atoms in total. The highest BCUT2D eigenvalue weighted by Crippen LogP contribution is 2.20. The van der Waals surface area contributed by atoms with Crippen LogP contribution in [-0.4, -0.2) is 41.9 Å². The van der Waals surface area contributed by atoms with Gasteiger partial charge in [-0.1, -0.05) is 0 Å². The Balaban J connectivity index is 2.10. The summed E-state index contributed by atoms with van der Waals surface area (Å²) in [6.45, 7) is 0.219. The number of nitriles is 1. The normalized spacial score (nSPS) is 19.7. The van der Waals surface area contributed by atoms with Crippen molar-refractivity contribution in [3.05, 3.63) is 23.9 Å². The number of carboxylic acid groups (broad SMARTS) is 1.